The van der Waals surface area contributed by atoms with Gasteiger partial charge in [-0.05, 0) is 25.3 Å². The Morgan fingerprint density at radius 2 is 2.06 bits per heavy atom. The molecule has 0 aromatic heterocycles. The van der Waals surface area contributed by atoms with Crippen LogP contribution in [-0.2, 0) is 9.59 Å². The quantitative estimate of drug-likeness (QED) is 0.167. The number of rotatable bonds is 8. The van der Waals surface area contributed by atoms with Gasteiger partial charge < -0.3 is 27.0 Å². The number of nitrogens with two attached hydrogens (primary N) is 2. The SMILES string of the molecule is CC(CC(=O)O)NC(N)=NSCC[C@@H](N)C(=O)O. The Labute approximate surface area is 109 Å². The molecule has 0 heterocycles. The molecule has 0 saturated carbocycles. The van der Waals surface area contributed by atoms with Crippen molar-refractivity contribution >= 4 is 29.8 Å². The van der Waals surface area contributed by atoms with Gasteiger partial charge in [-0.15, -0.1) is 0 Å². The van der Waals surface area contributed by atoms with Crippen LogP contribution < -0.4 is 16.8 Å². The normalized spacial score (nSPS) is 14.9. The molecule has 0 aliphatic carbocycles. The molecule has 18 heavy (non-hydrogen) atoms. The zero-order valence-corrected chi connectivity index (χ0v) is 10.8. The summed E-state index contributed by atoms with van der Waals surface area (Å²) in [6.45, 7) is 1.67. The Morgan fingerprint density at radius 1 is 1.44 bits per heavy atom. The van der Waals surface area contributed by atoms with E-state index in [0.717, 1.165) is 11.9 Å². The minimum absolute atomic E-state index is 0.0647. The summed E-state index contributed by atoms with van der Waals surface area (Å²) in [7, 11) is 0. The summed E-state index contributed by atoms with van der Waals surface area (Å²) < 4.78 is 3.86. The van der Waals surface area contributed by atoms with Gasteiger partial charge in [0.05, 0.1) is 6.42 Å². The van der Waals surface area contributed by atoms with E-state index in [9.17, 15) is 9.59 Å². The molecule has 7 N–H and O–H groups in total. The van der Waals surface area contributed by atoms with Gasteiger partial charge in [-0.2, -0.15) is 4.40 Å². The van der Waals surface area contributed by atoms with Crippen LogP contribution in [0, 0.1) is 0 Å². The highest BCUT2D eigenvalue weighted by molar-refractivity contribution is 7.98. The molecule has 0 aliphatic heterocycles. The first-order chi connectivity index (χ1) is 8.32. The molecule has 0 amide bonds. The zero-order valence-electron chi connectivity index (χ0n) is 10.00. The number of nitrogens with zero attached hydrogens (tertiary/aromatic N) is 1. The molecule has 0 radical (unpaired) electrons. The highest BCUT2D eigenvalue weighted by Gasteiger charge is 2.10. The van der Waals surface area contributed by atoms with Crippen LogP contribution in [0.2, 0.25) is 0 Å². The van der Waals surface area contributed by atoms with Crippen molar-refractivity contribution in [3.05, 3.63) is 0 Å². The largest absolute Gasteiger partial charge is 0.481 e. The molecule has 0 bridgehead atoms. The van der Waals surface area contributed by atoms with Crippen molar-refractivity contribution in [3.63, 3.8) is 0 Å². The van der Waals surface area contributed by atoms with E-state index in [1.807, 2.05) is 0 Å². The second kappa shape index (κ2) is 8.59. The number of carboxylic acid groups (broad SMARTS) is 2. The number of hydrogen-bond donors (Lipinski definition) is 5. The predicted octanol–water partition coefficient (Wildman–Crippen LogP) is -0.796. The molecule has 1 unspecified atom stereocenters. The average molecular weight is 278 g/mol. The number of nitrogens with one attached hydrogen (secondary N) is 1. The smallest absolute Gasteiger partial charge is 0.320 e. The second-order valence-electron chi connectivity index (χ2n) is 3.69. The molecule has 0 spiro atoms. The molecule has 8 nitrogen and oxygen atoms in total. The van der Waals surface area contributed by atoms with Crippen LogP contribution in [0.5, 0.6) is 0 Å². The lowest BCUT2D eigenvalue weighted by molar-refractivity contribution is -0.139. The van der Waals surface area contributed by atoms with E-state index in [1.165, 1.54) is 0 Å². The lowest BCUT2D eigenvalue weighted by atomic mass is 10.2. The van der Waals surface area contributed by atoms with Crippen LogP contribution in [0.25, 0.3) is 0 Å². The molecular weight excluding hydrogens is 260 g/mol. The molecule has 0 aromatic carbocycles. The molecule has 0 rings (SSSR count). The van der Waals surface area contributed by atoms with Crippen LogP contribution in [0.4, 0.5) is 0 Å². The first kappa shape index (κ1) is 16.5. The van der Waals surface area contributed by atoms with E-state index in [4.69, 9.17) is 21.7 Å². The number of carboxylic acids is 2. The van der Waals surface area contributed by atoms with Gasteiger partial charge in [0.2, 0.25) is 5.96 Å². The van der Waals surface area contributed by atoms with Crippen LogP contribution in [-0.4, -0.2) is 45.9 Å². The van der Waals surface area contributed by atoms with Gasteiger partial charge >= 0.3 is 11.9 Å². The van der Waals surface area contributed by atoms with E-state index in [0.29, 0.717) is 5.75 Å². The number of guanidine groups is 1. The second-order valence-corrected chi connectivity index (χ2v) is 4.54. The summed E-state index contributed by atoms with van der Waals surface area (Å²) in [6.07, 6.45) is 0.215. The lowest BCUT2D eigenvalue weighted by Gasteiger charge is -2.11. The van der Waals surface area contributed by atoms with Crippen LogP contribution >= 0.6 is 11.9 Å². The molecule has 0 fully saturated rings. The summed E-state index contributed by atoms with van der Waals surface area (Å²) in [5, 5.41) is 19.8. The van der Waals surface area contributed by atoms with Gasteiger partial charge in [0.1, 0.15) is 6.04 Å². The number of aliphatic carboxylic acids is 2. The number of hydrogen-bond acceptors (Lipinski definition) is 5. The highest BCUT2D eigenvalue weighted by Crippen LogP contribution is 2.05. The summed E-state index contributed by atoms with van der Waals surface area (Å²) in [4.78, 5) is 20.8. The lowest BCUT2D eigenvalue weighted by Crippen LogP contribution is -2.39. The molecule has 9 heteroatoms. The van der Waals surface area contributed by atoms with Gasteiger partial charge in [-0.25, -0.2) is 0 Å². The fraction of sp³-hybridized carbons (Fsp3) is 0.667. The van der Waals surface area contributed by atoms with Crippen molar-refractivity contribution in [1.82, 2.24) is 5.32 Å². The van der Waals surface area contributed by atoms with Crippen LogP contribution in [0.1, 0.15) is 19.8 Å². The predicted molar refractivity (Wildman–Crippen MR) is 69.2 cm³/mol. The molecule has 2 atom stereocenters. The van der Waals surface area contributed by atoms with Crippen molar-refractivity contribution in [3.8, 4) is 0 Å². The van der Waals surface area contributed by atoms with Gasteiger partial charge in [0.25, 0.3) is 0 Å². The van der Waals surface area contributed by atoms with E-state index in [2.05, 4.69) is 9.71 Å². The zero-order chi connectivity index (χ0) is 14.1. The van der Waals surface area contributed by atoms with Crippen LogP contribution in [0.15, 0.2) is 4.40 Å². The van der Waals surface area contributed by atoms with Crippen molar-refractivity contribution in [2.24, 2.45) is 15.9 Å². The third kappa shape index (κ3) is 8.65. The molecule has 0 aromatic rings. The molecule has 0 aliphatic rings. The molecule has 0 saturated heterocycles. The third-order valence-electron chi connectivity index (χ3n) is 1.88. The minimum atomic E-state index is -1.05. The summed E-state index contributed by atoms with van der Waals surface area (Å²) in [6, 6.07) is -1.24. The number of carbonyl (C=O) groups is 2. The Kier molecular flexibility index (Phi) is 7.88. The summed E-state index contributed by atoms with van der Waals surface area (Å²) >= 11 is 1.08. The van der Waals surface area contributed by atoms with E-state index < -0.39 is 18.0 Å². The summed E-state index contributed by atoms with van der Waals surface area (Å²) in [5.74, 6) is -1.45. The van der Waals surface area contributed by atoms with Crippen LogP contribution in [0.3, 0.4) is 0 Å². The van der Waals surface area contributed by atoms with Crippen molar-refractivity contribution < 1.29 is 19.8 Å². The van der Waals surface area contributed by atoms with Crippen molar-refractivity contribution in [1.29, 1.82) is 0 Å². The Morgan fingerprint density at radius 3 is 2.56 bits per heavy atom. The Hall–Kier alpha value is -1.48. The topological polar surface area (TPSA) is 151 Å². The van der Waals surface area contributed by atoms with Crippen molar-refractivity contribution in [2.45, 2.75) is 31.8 Å². The maximum absolute atomic E-state index is 10.4. The average Bonchev–Trinajstić information content (AvgIpc) is 2.22. The Balaban J connectivity index is 3.84. The van der Waals surface area contributed by atoms with E-state index in [1.54, 1.807) is 6.92 Å². The maximum Gasteiger partial charge on any atom is 0.320 e. The Bertz CT molecular complexity index is 324. The minimum Gasteiger partial charge on any atom is -0.481 e. The van der Waals surface area contributed by atoms with Crippen molar-refractivity contribution in [2.75, 3.05) is 5.75 Å². The fourth-order valence-electron chi connectivity index (χ4n) is 1.01. The monoisotopic (exact) mass is 278 g/mol. The van der Waals surface area contributed by atoms with E-state index in [-0.39, 0.29) is 24.8 Å². The fourth-order valence-corrected chi connectivity index (χ4v) is 1.65. The molecular formula is C9H18N4O4S. The first-order valence-electron chi connectivity index (χ1n) is 5.25. The van der Waals surface area contributed by atoms with Gasteiger partial charge in [-0.1, -0.05) is 0 Å². The first-order valence-corrected chi connectivity index (χ1v) is 6.19. The van der Waals surface area contributed by atoms with Gasteiger partial charge in [-0.3, -0.25) is 9.59 Å². The van der Waals surface area contributed by atoms with E-state index >= 15 is 0 Å². The maximum atomic E-state index is 10.4. The van der Waals surface area contributed by atoms with Gasteiger partial charge in [0, 0.05) is 11.8 Å². The summed E-state index contributed by atoms with van der Waals surface area (Å²) in [5.41, 5.74) is 10.8. The highest BCUT2D eigenvalue weighted by atomic mass is 32.2. The van der Waals surface area contributed by atoms with Gasteiger partial charge in [0.15, 0.2) is 0 Å². The third-order valence-corrected chi connectivity index (χ3v) is 2.62. The standard InChI is InChI=1S/C9H18N4O4S/c1-5(4-7(14)15)12-9(11)13-18-3-2-6(10)8(16)17/h5-6H,2-4,10H2,1H3,(H,14,15)(H,16,17)(H3,11,12,13)/t5?,6-/m1/s1. The molecule has 104 valence electrons.